The third kappa shape index (κ3) is 4.93. The number of hydrogen-bond acceptors (Lipinski definition) is 5. The van der Waals surface area contributed by atoms with Gasteiger partial charge in [0.25, 0.3) is 5.91 Å². The fourth-order valence-electron chi connectivity index (χ4n) is 3.95. The first-order valence-electron chi connectivity index (χ1n) is 10.7. The van der Waals surface area contributed by atoms with Gasteiger partial charge in [-0.2, -0.15) is 0 Å². The van der Waals surface area contributed by atoms with Crippen molar-refractivity contribution < 1.29 is 4.79 Å². The Balaban J connectivity index is 1.34. The first-order valence-corrected chi connectivity index (χ1v) is 11.6. The minimum absolute atomic E-state index is 0.112. The second kappa shape index (κ2) is 9.56. The summed E-state index contributed by atoms with van der Waals surface area (Å²) in [5.41, 5.74) is 3.13. The Labute approximate surface area is 188 Å². The number of likely N-dealkylation sites (tertiary alicyclic amines) is 1. The lowest BCUT2D eigenvalue weighted by molar-refractivity contribution is 0.0710. The number of rotatable bonds is 6. The van der Waals surface area contributed by atoms with E-state index in [4.69, 9.17) is 0 Å². The smallest absolute Gasteiger partial charge is 0.253 e. The van der Waals surface area contributed by atoms with E-state index in [0.29, 0.717) is 5.92 Å². The van der Waals surface area contributed by atoms with Gasteiger partial charge >= 0.3 is 0 Å². The summed E-state index contributed by atoms with van der Waals surface area (Å²) in [6, 6.07) is 18.2. The maximum absolute atomic E-state index is 12.9. The molecule has 1 amide bonds. The summed E-state index contributed by atoms with van der Waals surface area (Å²) in [6.07, 6.45) is 1.83. The van der Waals surface area contributed by atoms with Gasteiger partial charge in [0, 0.05) is 57.2 Å². The van der Waals surface area contributed by atoms with Crippen LogP contribution in [0.15, 0.2) is 59.8 Å². The minimum atomic E-state index is 0.112. The molecule has 3 aromatic rings. The van der Waals surface area contributed by atoms with E-state index in [1.165, 1.54) is 5.56 Å². The lowest BCUT2D eigenvalue weighted by Gasteiger charge is -2.31. The van der Waals surface area contributed by atoms with Crippen LogP contribution < -0.4 is 4.90 Å². The molecule has 0 aliphatic carbocycles. The van der Waals surface area contributed by atoms with Crippen molar-refractivity contribution >= 4 is 23.4 Å². The summed E-state index contributed by atoms with van der Waals surface area (Å²) in [5, 5.41) is 9.85. The average Bonchev–Trinajstić information content (AvgIpc) is 3.18. The SMILES string of the molecule is CN(C)c1ccc(C(=O)N2CCC(c3nnc(SCc4ccccc4)n3C)CC2)cc1. The number of piperidine rings is 1. The summed E-state index contributed by atoms with van der Waals surface area (Å²) in [7, 11) is 6.05. The highest BCUT2D eigenvalue weighted by Gasteiger charge is 2.28. The molecule has 31 heavy (non-hydrogen) atoms. The van der Waals surface area contributed by atoms with Crippen LogP contribution in [0.3, 0.4) is 0 Å². The molecular formula is C24H29N5OS. The van der Waals surface area contributed by atoms with Gasteiger partial charge in [-0.15, -0.1) is 10.2 Å². The van der Waals surface area contributed by atoms with Crippen LogP contribution in [-0.2, 0) is 12.8 Å². The largest absolute Gasteiger partial charge is 0.378 e. The standard InChI is InChI=1S/C24H29N5OS/c1-27(2)21-11-9-20(10-12-21)23(30)29-15-13-19(14-16-29)22-25-26-24(28(22)3)31-17-18-7-5-4-6-8-18/h4-12,19H,13-17H2,1-3H3. The lowest BCUT2D eigenvalue weighted by atomic mass is 9.95. The van der Waals surface area contributed by atoms with E-state index in [1.807, 2.05) is 61.3 Å². The molecule has 1 aromatic heterocycles. The third-order valence-corrected chi connectivity index (χ3v) is 6.95. The summed E-state index contributed by atoms with van der Waals surface area (Å²) < 4.78 is 2.12. The summed E-state index contributed by atoms with van der Waals surface area (Å²) in [5.74, 6) is 2.36. The van der Waals surface area contributed by atoms with Crippen LogP contribution in [0.5, 0.6) is 0 Å². The Bertz CT molecular complexity index is 1010. The van der Waals surface area contributed by atoms with E-state index in [1.54, 1.807) is 11.8 Å². The monoisotopic (exact) mass is 435 g/mol. The quantitative estimate of drug-likeness (QED) is 0.544. The number of benzene rings is 2. The molecule has 0 spiro atoms. The molecule has 1 fully saturated rings. The Morgan fingerprint density at radius 2 is 1.71 bits per heavy atom. The summed E-state index contributed by atoms with van der Waals surface area (Å²) in [4.78, 5) is 16.9. The van der Waals surface area contributed by atoms with Gasteiger partial charge in [-0.1, -0.05) is 42.1 Å². The molecule has 0 radical (unpaired) electrons. The van der Waals surface area contributed by atoms with Crippen molar-refractivity contribution in [3.8, 4) is 0 Å². The molecule has 1 saturated heterocycles. The van der Waals surface area contributed by atoms with Crippen molar-refractivity contribution in [3.63, 3.8) is 0 Å². The number of anilines is 1. The number of aromatic nitrogens is 3. The maximum Gasteiger partial charge on any atom is 0.253 e. The first-order chi connectivity index (χ1) is 15.0. The van der Waals surface area contributed by atoms with Gasteiger partial charge in [-0.3, -0.25) is 4.79 Å². The summed E-state index contributed by atoms with van der Waals surface area (Å²) in [6.45, 7) is 1.50. The van der Waals surface area contributed by atoms with Crippen LogP contribution in [0.4, 0.5) is 5.69 Å². The van der Waals surface area contributed by atoms with Crippen LogP contribution in [0.2, 0.25) is 0 Å². The Morgan fingerprint density at radius 3 is 2.35 bits per heavy atom. The van der Waals surface area contributed by atoms with Crippen LogP contribution in [0, 0.1) is 0 Å². The van der Waals surface area contributed by atoms with E-state index in [0.717, 1.165) is 53.9 Å². The molecule has 7 heteroatoms. The zero-order valence-electron chi connectivity index (χ0n) is 18.4. The van der Waals surface area contributed by atoms with Crippen molar-refractivity contribution in [1.82, 2.24) is 19.7 Å². The topological polar surface area (TPSA) is 54.3 Å². The van der Waals surface area contributed by atoms with E-state index >= 15 is 0 Å². The fourth-order valence-corrected chi connectivity index (χ4v) is 4.83. The molecule has 0 N–H and O–H groups in total. The van der Waals surface area contributed by atoms with E-state index in [2.05, 4.69) is 39.0 Å². The van der Waals surface area contributed by atoms with Crippen LogP contribution >= 0.6 is 11.8 Å². The van der Waals surface area contributed by atoms with Gasteiger partial charge < -0.3 is 14.4 Å². The van der Waals surface area contributed by atoms with Crippen molar-refractivity contribution in [1.29, 1.82) is 0 Å². The number of carbonyl (C=O) groups is 1. The predicted molar refractivity (Wildman–Crippen MR) is 126 cm³/mol. The van der Waals surface area contributed by atoms with Gasteiger partial charge in [0.2, 0.25) is 0 Å². The highest BCUT2D eigenvalue weighted by molar-refractivity contribution is 7.98. The second-order valence-electron chi connectivity index (χ2n) is 8.18. The van der Waals surface area contributed by atoms with Gasteiger partial charge in [-0.25, -0.2) is 0 Å². The van der Waals surface area contributed by atoms with Crippen LogP contribution in [0.1, 0.15) is 40.5 Å². The van der Waals surface area contributed by atoms with Gasteiger partial charge in [-0.05, 0) is 42.7 Å². The Kier molecular flexibility index (Phi) is 6.61. The molecule has 0 atom stereocenters. The minimum Gasteiger partial charge on any atom is -0.378 e. The highest BCUT2D eigenvalue weighted by atomic mass is 32.2. The second-order valence-corrected chi connectivity index (χ2v) is 9.12. The van der Waals surface area contributed by atoms with E-state index in [9.17, 15) is 4.79 Å². The van der Waals surface area contributed by atoms with E-state index in [-0.39, 0.29) is 5.91 Å². The van der Waals surface area contributed by atoms with Crippen molar-refractivity contribution in [2.45, 2.75) is 29.7 Å². The molecular weight excluding hydrogens is 406 g/mol. The van der Waals surface area contributed by atoms with Crippen molar-refractivity contribution in [3.05, 3.63) is 71.5 Å². The molecule has 0 bridgehead atoms. The third-order valence-electron chi connectivity index (χ3n) is 5.86. The molecule has 162 valence electrons. The number of hydrogen-bond donors (Lipinski definition) is 0. The fraction of sp³-hybridized carbons (Fsp3) is 0.375. The van der Waals surface area contributed by atoms with Crippen molar-refractivity contribution in [2.24, 2.45) is 7.05 Å². The van der Waals surface area contributed by atoms with Crippen LogP contribution in [0.25, 0.3) is 0 Å². The highest BCUT2D eigenvalue weighted by Crippen LogP contribution is 2.30. The first kappa shape index (κ1) is 21.4. The number of amides is 1. The predicted octanol–water partition coefficient (Wildman–Crippen LogP) is 4.19. The summed E-state index contributed by atoms with van der Waals surface area (Å²) >= 11 is 1.71. The molecule has 4 rings (SSSR count). The van der Waals surface area contributed by atoms with Gasteiger partial charge in [0.1, 0.15) is 5.82 Å². The molecule has 2 aromatic carbocycles. The maximum atomic E-state index is 12.9. The number of thioether (sulfide) groups is 1. The molecule has 1 aliphatic heterocycles. The van der Waals surface area contributed by atoms with Gasteiger partial charge in [0.05, 0.1) is 0 Å². The van der Waals surface area contributed by atoms with E-state index < -0.39 is 0 Å². The van der Waals surface area contributed by atoms with Gasteiger partial charge in [0.15, 0.2) is 5.16 Å². The molecule has 6 nitrogen and oxygen atoms in total. The molecule has 0 unspecified atom stereocenters. The molecule has 0 saturated carbocycles. The number of nitrogens with zero attached hydrogens (tertiary/aromatic N) is 5. The molecule has 1 aliphatic rings. The Morgan fingerprint density at radius 1 is 1.03 bits per heavy atom. The lowest BCUT2D eigenvalue weighted by Crippen LogP contribution is -2.38. The normalized spacial score (nSPS) is 14.6. The zero-order valence-corrected chi connectivity index (χ0v) is 19.2. The average molecular weight is 436 g/mol. The molecule has 2 heterocycles. The number of carbonyl (C=O) groups excluding carboxylic acids is 1. The van der Waals surface area contributed by atoms with Crippen molar-refractivity contribution in [2.75, 3.05) is 32.1 Å². The Hall–Kier alpha value is -2.80. The zero-order chi connectivity index (χ0) is 21.8. The van der Waals surface area contributed by atoms with Crippen LogP contribution in [-0.4, -0.2) is 52.8 Å².